The molecule has 0 fully saturated rings. The number of hydrogen-bond acceptors (Lipinski definition) is 4. The van der Waals surface area contributed by atoms with Crippen molar-refractivity contribution in [3.63, 3.8) is 0 Å². The van der Waals surface area contributed by atoms with Crippen LogP contribution in [0, 0.1) is 0 Å². The van der Waals surface area contributed by atoms with E-state index in [1.807, 2.05) is 5.32 Å². The van der Waals surface area contributed by atoms with Crippen molar-refractivity contribution in [1.29, 1.82) is 0 Å². The van der Waals surface area contributed by atoms with E-state index < -0.39 is 30.7 Å². The zero-order valence-corrected chi connectivity index (χ0v) is 8.47. The maximum Gasteiger partial charge on any atom is 0.401 e. The van der Waals surface area contributed by atoms with Gasteiger partial charge in [0.15, 0.2) is 5.82 Å². The molecule has 0 aromatic carbocycles. The smallest absolute Gasteiger partial charge is 0.308 e. The normalized spacial score (nSPS) is 11.2. The first kappa shape index (κ1) is 13.2. The van der Waals surface area contributed by atoms with E-state index in [-0.39, 0.29) is 5.82 Å². The Labute approximate surface area is 93.2 Å². The summed E-state index contributed by atoms with van der Waals surface area (Å²) in [6.07, 6.45) is -4.36. The molecule has 94 valence electrons. The first-order valence-corrected chi connectivity index (χ1v) is 4.50. The third-order valence-electron chi connectivity index (χ3n) is 1.56. The molecule has 0 saturated heterocycles. The van der Waals surface area contributed by atoms with Gasteiger partial charge in [-0.2, -0.15) is 18.3 Å². The van der Waals surface area contributed by atoms with Crippen LogP contribution in [-0.4, -0.2) is 35.4 Å². The lowest BCUT2D eigenvalue weighted by Gasteiger charge is -2.07. The lowest BCUT2D eigenvalue weighted by Crippen LogP contribution is -2.35. The number of carbonyl (C=O) groups excluding carboxylic acids is 1. The van der Waals surface area contributed by atoms with Crippen molar-refractivity contribution in [2.45, 2.75) is 6.18 Å². The molecule has 3 N–H and O–H groups in total. The fourth-order valence-corrected chi connectivity index (χ4v) is 0.919. The molecule has 1 aromatic heterocycles. The molecular formula is C8H9F3N4O2. The number of nitrogens with one attached hydrogen (secondary N) is 3. The molecule has 0 bridgehead atoms. The topological polar surface area (TPSA) is 86.9 Å². The molecule has 0 aliphatic carbocycles. The Kier molecular flexibility index (Phi) is 4.21. The Balaban J connectivity index is 2.35. The minimum absolute atomic E-state index is 0.0587. The second-order valence-corrected chi connectivity index (χ2v) is 3.07. The second-order valence-electron chi connectivity index (χ2n) is 3.07. The van der Waals surface area contributed by atoms with Crippen molar-refractivity contribution in [3.05, 3.63) is 22.5 Å². The van der Waals surface area contributed by atoms with Crippen LogP contribution in [-0.2, 0) is 4.79 Å². The first-order valence-electron chi connectivity index (χ1n) is 4.50. The van der Waals surface area contributed by atoms with E-state index >= 15 is 0 Å². The summed E-state index contributed by atoms with van der Waals surface area (Å²) in [4.78, 5) is 21.7. The lowest BCUT2D eigenvalue weighted by atomic mass is 10.5. The third kappa shape index (κ3) is 5.66. The molecule has 6 nitrogen and oxygen atoms in total. The van der Waals surface area contributed by atoms with Gasteiger partial charge in [0, 0.05) is 6.07 Å². The summed E-state index contributed by atoms with van der Waals surface area (Å²) in [6.45, 7) is -1.75. The number of hydrogen-bond donors (Lipinski definition) is 3. The van der Waals surface area contributed by atoms with Gasteiger partial charge in [0.05, 0.1) is 13.1 Å². The monoisotopic (exact) mass is 250 g/mol. The van der Waals surface area contributed by atoms with E-state index in [2.05, 4.69) is 15.5 Å². The number of anilines is 1. The summed E-state index contributed by atoms with van der Waals surface area (Å²) in [5.74, 6) is -0.628. The molecule has 1 amide bonds. The van der Waals surface area contributed by atoms with Crippen LogP contribution >= 0.6 is 0 Å². The molecule has 0 aliphatic heterocycles. The fourth-order valence-electron chi connectivity index (χ4n) is 0.919. The van der Waals surface area contributed by atoms with Gasteiger partial charge in [-0.1, -0.05) is 0 Å². The Morgan fingerprint density at radius 2 is 2.12 bits per heavy atom. The molecule has 0 atom stereocenters. The number of H-pyrrole nitrogens is 1. The average molecular weight is 250 g/mol. The number of amides is 1. The number of alkyl halides is 3. The minimum Gasteiger partial charge on any atom is -0.308 e. The van der Waals surface area contributed by atoms with E-state index in [9.17, 15) is 22.8 Å². The third-order valence-corrected chi connectivity index (χ3v) is 1.56. The Morgan fingerprint density at radius 1 is 1.41 bits per heavy atom. The van der Waals surface area contributed by atoms with Gasteiger partial charge in [-0.3, -0.25) is 9.59 Å². The van der Waals surface area contributed by atoms with Gasteiger partial charge < -0.3 is 10.6 Å². The van der Waals surface area contributed by atoms with Crippen LogP contribution < -0.4 is 16.2 Å². The molecule has 0 saturated carbocycles. The number of carbonyl (C=O) groups is 1. The molecule has 9 heteroatoms. The highest BCUT2D eigenvalue weighted by Gasteiger charge is 2.26. The number of rotatable bonds is 4. The predicted molar refractivity (Wildman–Crippen MR) is 52.4 cm³/mol. The van der Waals surface area contributed by atoms with E-state index in [0.717, 1.165) is 6.07 Å². The van der Waals surface area contributed by atoms with Gasteiger partial charge in [0.2, 0.25) is 5.91 Å². The lowest BCUT2D eigenvalue weighted by molar-refractivity contribution is -0.126. The first-order chi connectivity index (χ1) is 7.87. The van der Waals surface area contributed by atoms with Gasteiger partial charge in [0.25, 0.3) is 5.56 Å². The molecule has 1 rings (SSSR count). The standard InChI is InChI=1S/C8H9F3N4O2/c9-8(10,11)4-12-3-7(17)13-5-1-2-6(16)15-14-5/h1-2,12H,3-4H2,(H,15,16)(H,13,14,17). The van der Waals surface area contributed by atoms with E-state index in [4.69, 9.17) is 0 Å². The van der Waals surface area contributed by atoms with Crippen molar-refractivity contribution in [1.82, 2.24) is 15.5 Å². The van der Waals surface area contributed by atoms with Gasteiger partial charge in [-0.25, -0.2) is 5.10 Å². The Morgan fingerprint density at radius 3 is 2.65 bits per heavy atom. The predicted octanol–water partition coefficient (Wildman–Crippen LogP) is -0.140. The molecule has 0 spiro atoms. The number of halogens is 3. The van der Waals surface area contributed by atoms with E-state index in [0.29, 0.717) is 0 Å². The highest BCUT2D eigenvalue weighted by Crippen LogP contribution is 2.11. The molecule has 17 heavy (non-hydrogen) atoms. The molecular weight excluding hydrogens is 241 g/mol. The van der Waals surface area contributed by atoms with Gasteiger partial charge in [0.1, 0.15) is 0 Å². The molecule has 1 heterocycles. The van der Waals surface area contributed by atoms with Gasteiger partial charge >= 0.3 is 6.18 Å². The quantitative estimate of drug-likeness (QED) is 0.694. The van der Waals surface area contributed by atoms with Crippen molar-refractivity contribution in [2.75, 3.05) is 18.4 Å². The number of nitrogens with zero attached hydrogens (tertiary/aromatic N) is 1. The summed E-state index contributed by atoms with van der Waals surface area (Å²) in [5.41, 5.74) is -0.446. The van der Waals surface area contributed by atoms with Crippen LogP contribution in [0.4, 0.5) is 19.0 Å². The van der Waals surface area contributed by atoms with Gasteiger partial charge in [-0.05, 0) is 6.07 Å². The van der Waals surface area contributed by atoms with E-state index in [1.165, 1.54) is 6.07 Å². The Hall–Kier alpha value is -1.90. The van der Waals surface area contributed by atoms with Crippen LogP contribution in [0.3, 0.4) is 0 Å². The maximum atomic E-state index is 11.7. The number of aromatic nitrogens is 2. The maximum absolute atomic E-state index is 11.7. The SMILES string of the molecule is O=C(CNCC(F)(F)F)Nc1ccc(=O)[nH]n1. The highest BCUT2D eigenvalue weighted by molar-refractivity contribution is 5.91. The highest BCUT2D eigenvalue weighted by atomic mass is 19.4. The molecule has 0 radical (unpaired) electrons. The fraction of sp³-hybridized carbons (Fsp3) is 0.375. The summed E-state index contributed by atoms with van der Waals surface area (Å²) in [7, 11) is 0. The van der Waals surface area contributed by atoms with Gasteiger partial charge in [-0.15, -0.1) is 0 Å². The van der Waals surface area contributed by atoms with Crippen LogP contribution in [0.1, 0.15) is 0 Å². The molecule has 1 aromatic rings. The van der Waals surface area contributed by atoms with Crippen molar-refractivity contribution >= 4 is 11.7 Å². The summed E-state index contributed by atoms with van der Waals surface area (Å²) in [6, 6.07) is 2.37. The molecule has 0 unspecified atom stereocenters. The van der Waals surface area contributed by atoms with Crippen molar-refractivity contribution < 1.29 is 18.0 Å². The average Bonchev–Trinajstić information content (AvgIpc) is 2.19. The summed E-state index contributed by atoms with van der Waals surface area (Å²) in [5, 5.41) is 9.65. The van der Waals surface area contributed by atoms with Crippen molar-refractivity contribution in [2.24, 2.45) is 0 Å². The second kappa shape index (κ2) is 5.43. The Bertz CT molecular complexity index is 423. The summed E-state index contributed by atoms with van der Waals surface area (Å²) >= 11 is 0. The van der Waals surface area contributed by atoms with Crippen LogP contribution in [0.15, 0.2) is 16.9 Å². The van der Waals surface area contributed by atoms with Crippen LogP contribution in [0.25, 0.3) is 0 Å². The minimum atomic E-state index is -4.36. The zero-order valence-electron chi connectivity index (χ0n) is 8.47. The molecule has 0 aliphatic rings. The van der Waals surface area contributed by atoms with E-state index in [1.54, 1.807) is 0 Å². The van der Waals surface area contributed by atoms with Crippen molar-refractivity contribution in [3.8, 4) is 0 Å². The van der Waals surface area contributed by atoms with Crippen LogP contribution in [0.5, 0.6) is 0 Å². The zero-order chi connectivity index (χ0) is 12.9. The summed E-state index contributed by atoms with van der Waals surface area (Å²) < 4.78 is 35.2. The van der Waals surface area contributed by atoms with Crippen LogP contribution in [0.2, 0.25) is 0 Å². The number of aromatic amines is 1. The largest absolute Gasteiger partial charge is 0.401 e.